The van der Waals surface area contributed by atoms with E-state index >= 15 is 0 Å². The summed E-state index contributed by atoms with van der Waals surface area (Å²) in [7, 11) is 0. The number of imidazole rings is 1. The molecule has 2 aromatic heterocycles. The zero-order valence-electron chi connectivity index (χ0n) is 15.8. The zero-order valence-corrected chi connectivity index (χ0v) is 15.8. The first-order valence-corrected chi connectivity index (χ1v) is 10.0. The first kappa shape index (κ1) is 17.2. The molecule has 4 heterocycles. The largest absolute Gasteiger partial charge is 0.354 e. The van der Waals surface area contributed by atoms with Crippen LogP contribution in [0.15, 0.2) is 43.0 Å². The Kier molecular flexibility index (Phi) is 4.43. The maximum atomic E-state index is 12.6. The van der Waals surface area contributed by atoms with Crippen LogP contribution in [0.5, 0.6) is 0 Å². The van der Waals surface area contributed by atoms with E-state index in [0.29, 0.717) is 29.9 Å². The number of aromatic nitrogens is 4. The molecule has 7 heteroatoms. The molecule has 0 saturated carbocycles. The fraction of sp³-hybridized carbons (Fsp3) is 0.429. The smallest absolute Gasteiger partial charge is 0.222 e. The van der Waals surface area contributed by atoms with E-state index in [1.165, 1.54) is 5.56 Å². The van der Waals surface area contributed by atoms with Gasteiger partial charge in [-0.3, -0.25) is 4.79 Å². The fourth-order valence-corrected chi connectivity index (χ4v) is 4.72. The van der Waals surface area contributed by atoms with Crippen molar-refractivity contribution in [2.24, 2.45) is 5.92 Å². The molecule has 2 atom stereocenters. The van der Waals surface area contributed by atoms with Gasteiger partial charge in [0.25, 0.3) is 0 Å². The summed E-state index contributed by atoms with van der Waals surface area (Å²) in [4.78, 5) is 33.3. The van der Waals surface area contributed by atoms with Crippen molar-refractivity contribution >= 4 is 22.9 Å². The minimum atomic E-state index is 0.309. The molecule has 2 saturated heterocycles. The van der Waals surface area contributed by atoms with Gasteiger partial charge in [-0.2, -0.15) is 0 Å². The molecule has 2 unspecified atom stereocenters. The van der Waals surface area contributed by atoms with Crippen molar-refractivity contribution in [3.63, 3.8) is 0 Å². The third-order valence-electron chi connectivity index (χ3n) is 6.13. The molecule has 3 aromatic rings. The van der Waals surface area contributed by atoms with E-state index in [0.717, 1.165) is 50.2 Å². The summed E-state index contributed by atoms with van der Waals surface area (Å²) in [6, 6.07) is 10.8. The number of hydrogen-bond donors (Lipinski definition) is 1. The van der Waals surface area contributed by atoms with Crippen LogP contribution in [-0.2, 0) is 11.2 Å². The van der Waals surface area contributed by atoms with Gasteiger partial charge < -0.3 is 14.8 Å². The van der Waals surface area contributed by atoms with E-state index in [-0.39, 0.29) is 0 Å². The van der Waals surface area contributed by atoms with Gasteiger partial charge in [0.2, 0.25) is 5.91 Å². The average Bonchev–Trinajstić information content (AvgIpc) is 3.22. The van der Waals surface area contributed by atoms with Crippen molar-refractivity contribution in [3.05, 3.63) is 48.5 Å². The molecular formula is C21H24N6O. The van der Waals surface area contributed by atoms with Gasteiger partial charge in [-0.1, -0.05) is 30.3 Å². The van der Waals surface area contributed by atoms with Crippen LogP contribution in [0, 0.1) is 5.92 Å². The highest BCUT2D eigenvalue weighted by Gasteiger charge is 2.39. The van der Waals surface area contributed by atoms with E-state index < -0.39 is 0 Å². The van der Waals surface area contributed by atoms with Crippen LogP contribution in [0.25, 0.3) is 11.2 Å². The summed E-state index contributed by atoms with van der Waals surface area (Å²) in [5.41, 5.74) is 2.89. The topological polar surface area (TPSA) is 78.0 Å². The number of carbonyl (C=O) groups excluding carboxylic acids is 1. The molecule has 1 amide bonds. The van der Waals surface area contributed by atoms with Gasteiger partial charge in [0.05, 0.1) is 6.33 Å². The fourth-order valence-electron chi connectivity index (χ4n) is 4.72. The Morgan fingerprint density at radius 1 is 1.11 bits per heavy atom. The number of fused-ring (bicyclic) bond motifs is 2. The van der Waals surface area contributed by atoms with Gasteiger partial charge in [-0.05, 0) is 30.7 Å². The number of piperidine rings is 2. The van der Waals surface area contributed by atoms with E-state index in [9.17, 15) is 4.79 Å². The highest BCUT2D eigenvalue weighted by atomic mass is 16.2. The van der Waals surface area contributed by atoms with Gasteiger partial charge in [0.1, 0.15) is 11.8 Å². The van der Waals surface area contributed by atoms with E-state index in [1.807, 2.05) is 6.07 Å². The lowest BCUT2D eigenvalue weighted by atomic mass is 9.83. The molecular weight excluding hydrogens is 352 g/mol. The quantitative estimate of drug-likeness (QED) is 0.757. The van der Waals surface area contributed by atoms with Crippen LogP contribution < -0.4 is 4.90 Å². The predicted octanol–water partition coefficient (Wildman–Crippen LogP) is 2.41. The Bertz CT molecular complexity index is 971. The molecule has 1 N–H and O–H groups in total. The molecule has 2 fully saturated rings. The van der Waals surface area contributed by atoms with Crippen molar-refractivity contribution in [1.82, 2.24) is 24.8 Å². The first-order chi connectivity index (χ1) is 13.8. The van der Waals surface area contributed by atoms with E-state index in [2.05, 4.69) is 54.0 Å². The lowest BCUT2D eigenvalue weighted by Crippen LogP contribution is -2.56. The van der Waals surface area contributed by atoms with Gasteiger partial charge in [-0.25, -0.2) is 15.0 Å². The molecule has 5 rings (SSSR count). The Hall–Kier alpha value is -2.96. The van der Waals surface area contributed by atoms with Crippen molar-refractivity contribution in [1.29, 1.82) is 0 Å². The molecule has 2 aliphatic heterocycles. The van der Waals surface area contributed by atoms with Crippen molar-refractivity contribution in [3.8, 4) is 0 Å². The summed E-state index contributed by atoms with van der Waals surface area (Å²) < 4.78 is 0. The number of H-pyrrole nitrogens is 1. The maximum absolute atomic E-state index is 12.6. The highest BCUT2D eigenvalue weighted by molar-refractivity contribution is 5.83. The zero-order chi connectivity index (χ0) is 18.9. The number of aromatic amines is 1. The van der Waals surface area contributed by atoms with Crippen LogP contribution in [0.1, 0.15) is 24.8 Å². The lowest BCUT2D eigenvalue weighted by molar-refractivity contribution is -0.139. The van der Waals surface area contributed by atoms with Crippen LogP contribution in [0.3, 0.4) is 0 Å². The van der Waals surface area contributed by atoms with Gasteiger partial charge in [-0.15, -0.1) is 0 Å². The standard InChI is InChI=1S/C21H24N6O/c28-18-7-6-16-12-26(21-19-20(23-13-22-19)24-14-25-21)10-9-17(16)27(18)11-8-15-4-2-1-3-5-15/h1-5,13-14,16-17H,6-12H2,(H,22,23,24,25). The third kappa shape index (κ3) is 3.10. The van der Waals surface area contributed by atoms with E-state index in [4.69, 9.17) is 0 Å². The number of benzene rings is 1. The highest BCUT2D eigenvalue weighted by Crippen LogP contribution is 2.34. The number of rotatable bonds is 4. The predicted molar refractivity (Wildman–Crippen MR) is 107 cm³/mol. The Labute approximate surface area is 163 Å². The van der Waals surface area contributed by atoms with Crippen LogP contribution >= 0.6 is 0 Å². The van der Waals surface area contributed by atoms with Crippen molar-refractivity contribution in [2.45, 2.75) is 31.7 Å². The molecule has 0 bridgehead atoms. The van der Waals surface area contributed by atoms with Gasteiger partial charge in [0.15, 0.2) is 11.5 Å². The summed E-state index contributed by atoms with van der Waals surface area (Å²) in [6.07, 6.45) is 6.75. The number of carbonyl (C=O) groups is 1. The monoisotopic (exact) mass is 376 g/mol. The SMILES string of the molecule is O=C1CCC2CN(c3ncnc4nc[nH]c34)CCC2N1CCc1ccccc1. The molecule has 28 heavy (non-hydrogen) atoms. The second-order valence-electron chi connectivity index (χ2n) is 7.72. The summed E-state index contributed by atoms with van der Waals surface area (Å²) in [6.45, 7) is 2.62. The molecule has 0 aliphatic carbocycles. The van der Waals surface area contributed by atoms with Gasteiger partial charge >= 0.3 is 0 Å². The number of nitrogens with zero attached hydrogens (tertiary/aromatic N) is 5. The molecule has 7 nitrogen and oxygen atoms in total. The number of hydrogen-bond acceptors (Lipinski definition) is 5. The molecule has 144 valence electrons. The number of nitrogens with one attached hydrogen (secondary N) is 1. The second kappa shape index (κ2) is 7.22. The Balaban J connectivity index is 1.31. The lowest BCUT2D eigenvalue weighted by Gasteiger charge is -2.47. The third-order valence-corrected chi connectivity index (χ3v) is 6.13. The Morgan fingerprint density at radius 2 is 2.00 bits per heavy atom. The van der Waals surface area contributed by atoms with Crippen LogP contribution in [0.2, 0.25) is 0 Å². The molecule has 0 spiro atoms. The van der Waals surface area contributed by atoms with Crippen molar-refractivity contribution < 1.29 is 4.79 Å². The van der Waals surface area contributed by atoms with Gasteiger partial charge in [0, 0.05) is 32.1 Å². The summed E-state index contributed by atoms with van der Waals surface area (Å²) >= 11 is 0. The van der Waals surface area contributed by atoms with Crippen molar-refractivity contribution in [2.75, 3.05) is 24.5 Å². The first-order valence-electron chi connectivity index (χ1n) is 10.0. The van der Waals surface area contributed by atoms with E-state index in [1.54, 1.807) is 12.7 Å². The number of anilines is 1. The normalized spacial score (nSPS) is 22.5. The minimum Gasteiger partial charge on any atom is -0.354 e. The van der Waals surface area contributed by atoms with Crippen LogP contribution in [0.4, 0.5) is 5.82 Å². The average molecular weight is 376 g/mol. The molecule has 2 aliphatic rings. The Morgan fingerprint density at radius 3 is 2.89 bits per heavy atom. The molecule has 1 aromatic carbocycles. The number of likely N-dealkylation sites (tertiary alicyclic amines) is 1. The summed E-state index contributed by atoms with van der Waals surface area (Å²) in [5.74, 6) is 1.72. The maximum Gasteiger partial charge on any atom is 0.222 e. The number of amides is 1. The second-order valence-corrected chi connectivity index (χ2v) is 7.72. The minimum absolute atomic E-state index is 0.309. The summed E-state index contributed by atoms with van der Waals surface area (Å²) in [5, 5.41) is 0. The molecule has 0 radical (unpaired) electrons. The van der Waals surface area contributed by atoms with Crippen LogP contribution in [-0.4, -0.2) is 56.4 Å².